The Balaban J connectivity index is 2.48. The van der Waals surface area contributed by atoms with Gasteiger partial charge in [-0.25, -0.2) is 0 Å². The van der Waals surface area contributed by atoms with Crippen molar-refractivity contribution in [3.05, 3.63) is 42.0 Å². The van der Waals surface area contributed by atoms with Crippen LogP contribution in [0.1, 0.15) is 24.2 Å². The van der Waals surface area contributed by atoms with E-state index in [0.717, 1.165) is 22.1 Å². The average molecular weight is 228 g/mol. The van der Waals surface area contributed by atoms with Crippen LogP contribution in [-0.2, 0) is 0 Å². The lowest BCUT2D eigenvalue weighted by molar-refractivity contribution is 0.0939. The third-order valence-corrected chi connectivity index (χ3v) is 2.86. The molecule has 0 aliphatic heterocycles. The van der Waals surface area contributed by atoms with Crippen LogP contribution >= 0.6 is 0 Å². The van der Waals surface area contributed by atoms with Gasteiger partial charge in [-0.1, -0.05) is 32.0 Å². The summed E-state index contributed by atoms with van der Waals surface area (Å²) in [7, 11) is 1.65. The van der Waals surface area contributed by atoms with Gasteiger partial charge < -0.3 is 4.74 Å². The molecular formula is C15H16O2. The minimum Gasteiger partial charge on any atom is -0.497 e. The molecule has 0 N–H and O–H groups in total. The maximum Gasteiger partial charge on any atom is 0.165 e. The van der Waals surface area contributed by atoms with Gasteiger partial charge in [0.1, 0.15) is 5.75 Å². The van der Waals surface area contributed by atoms with Crippen LogP contribution in [-0.4, -0.2) is 12.9 Å². The number of Topliss-reactive ketones (excluding diaryl/α,β-unsaturated/α-hetero) is 1. The Hall–Kier alpha value is -1.83. The Labute approximate surface area is 101 Å². The molecule has 2 rings (SSSR count). The Bertz CT molecular complexity index is 556. The number of hydrogen-bond acceptors (Lipinski definition) is 2. The number of ketones is 1. The summed E-state index contributed by atoms with van der Waals surface area (Å²) in [6.45, 7) is 3.83. The van der Waals surface area contributed by atoms with Crippen molar-refractivity contribution in [3.63, 3.8) is 0 Å². The van der Waals surface area contributed by atoms with Gasteiger partial charge in [0.25, 0.3) is 0 Å². The van der Waals surface area contributed by atoms with Crippen LogP contribution in [0, 0.1) is 5.92 Å². The van der Waals surface area contributed by atoms with Gasteiger partial charge in [0.05, 0.1) is 7.11 Å². The first-order valence-electron chi connectivity index (χ1n) is 5.74. The number of fused-ring (bicyclic) bond motifs is 1. The van der Waals surface area contributed by atoms with Crippen molar-refractivity contribution < 1.29 is 9.53 Å². The molecule has 88 valence electrons. The highest BCUT2D eigenvalue weighted by Gasteiger charge is 2.10. The van der Waals surface area contributed by atoms with Crippen molar-refractivity contribution in [1.82, 2.24) is 0 Å². The largest absolute Gasteiger partial charge is 0.497 e. The van der Waals surface area contributed by atoms with Gasteiger partial charge in [-0.15, -0.1) is 0 Å². The van der Waals surface area contributed by atoms with E-state index in [-0.39, 0.29) is 11.7 Å². The van der Waals surface area contributed by atoms with Crippen LogP contribution in [0.4, 0.5) is 0 Å². The molecule has 2 aromatic rings. The molecular weight excluding hydrogens is 212 g/mol. The summed E-state index contributed by atoms with van der Waals surface area (Å²) in [5.41, 5.74) is 0.776. The molecule has 2 heteroatoms. The fraction of sp³-hybridized carbons (Fsp3) is 0.267. The molecule has 0 atom stereocenters. The molecule has 0 amide bonds. The zero-order valence-electron chi connectivity index (χ0n) is 10.4. The zero-order chi connectivity index (χ0) is 12.4. The summed E-state index contributed by atoms with van der Waals surface area (Å²) in [4.78, 5) is 11.9. The summed E-state index contributed by atoms with van der Waals surface area (Å²) in [6.07, 6.45) is 0. The van der Waals surface area contributed by atoms with Gasteiger partial charge in [0, 0.05) is 11.5 Å². The average Bonchev–Trinajstić information content (AvgIpc) is 2.36. The van der Waals surface area contributed by atoms with Crippen molar-refractivity contribution in [2.24, 2.45) is 5.92 Å². The van der Waals surface area contributed by atoms with Crippen molar-refractivity contribution in [3.8, 4) is 5.75 Å². The Morgan fingerprint density at radius 3 is 2.35 bits per heavy atom. The van der Waals surface area contributed by atoms with Crippen LogP contribution < -0.4 is 4.74 Å². The van der Waals surface area contributed by atoms with E-state index in [4.69, 9.17) is 4.74 Å². The Kier molecular flexibility index (Phi) is 3.14. The highest BCUT2D eigenvalue weighted by molar-refractivity contribution is 6.01. The number of carbonyl (C=O) groups excluding carboxylic acids is 1. The second-order valence-electron chi connectivity index (χ2n) is 4.45. The van der Waals surface area contributed by atoms with Gasteiger partial charge in [0.2, 0.25) is 0 Å². The van der Waals surface area contributed by atoms with E-state index in [1.54, 1.807) is 7.11 Å². The fourth-order valence-corrected chi connectivity index (χ4v) is 1.84. The summed E-state index contributed by atoms with van der Waals surface area (Å²) >= 11 is 0. The molecule has 0 spiro atoms. The van der Waals surface area contributed by atoms with Crippen LogP contribution in [0.5, 0.6) is 5.75 Å². The van der Waals surface area contributed by atoms with Gasteiger partial charge >= 0.3 is 0 Å². The van der Waals surface area contributed by atoms with E-state index in [2.05, 4.69) is 0 Å². The van der Waals surface area contributed by atoms with Crippen LogP contribution in [0.15, 0.2) is 36.4 Å². The van der Waals surface area contributed by atoms with Crippen LogP contribution in [0.25, 0.3) is 10.8 Å². The smallest absolute Gasteiger partial charge is 0.165 e. The van der Waals surface area contributed by atoms with E-state index in [1.807, 2.05) is 50.2 Å². The second-order valence-corrected chi connectivity index (χ2v) is 4.45. The lowest BCUT2D eigenvalue weighted by Crippen LogP contribution is -2.06. The first-order valence-corrected chi connectivity index (χ1v) is 5.74. The van der Waals surface area contributed by atoms with Gasteiger partial charge in [0.15, 0.2) is 5.78 Å². The van der Waals surface area contributed by atoms with Crippen molar-refractivity contribution >= 4 is 16.6 Å². The van der Waals surface area contributed by atoms with Gasteiger partial charge in [-0.2, -0.15) is 0 Å². The number of methoxy groups -OCH3 is 1. The number of hydrogen-bond donors (Lipinski definition) is 0. The number of benzene rings is 2. The molecule has 2 nitrogen and oxygen atoms in total. The summed E-state index contributed by atoms with van der Waals surface area (Å²) < 4.78 is 5.17. The highest BCUT2D eigenvalue weighted by atomic mass is 16.5. The summed E-state index contributed by atoms with van der Waals surface area (Å²) in [5, 5.41) is 2.15. The molecule has 0 aromatic heterocycles. The first-order chi connectivity index (χ1) is 8.11. The SMILES string of the molecule is COc1ccc2cc(C(=O)C(C)C)ccc2c1. The van der Waals surface area contributed by atoms with E-state index in [9.17, 15) is 4.79 Å². The summed E-state index contributed by atoms with van der Waals surface area (Å²) in [5.74, 6) is 1.05. The molecule has 0 heterocycles. The third-order valence-electron chi connectivity index (χ3n) is 2.86. The van der Waals surface area contributed by atoms with Gasteiger partial charge in [-0.05, 0) is 29.0 Å². The molecule has 2 aromatic carbocycles. The quantitative estimate of drug-likeness (QED) is 0.749. The van der Waals surface area contributed by atoms with E-state index in [0.29, 0.717) is 0 Å². The molecule has 0 radical (unpaired) electrons. The Morgan fingerprint density at radius 2 is 1.71 bits per heavy atom. The maximum atomic E-state index is 11.9. The van der Waals surface area contributed by atoms with Gasteiger partial charge in [-0.3, -0.25) is 4.79 Å². The third kappa shape index (κ3) is 2.31. The molecule has 0 saturated heterocycles. The summed E-state index contributed by atoms with van der Waals surface area (Å²) in [6, 6.07) is 11.6. The van der Waals surface area contributed by atoms with E-state index < -0.39 is 0 Å². The van der Waals surface area contributed by atoms with Crippen LogP contribution in [0.2, 0.25) is 0 Å². The van der Waals surface area contributed by atoms with E-state index in [1.165, 1.54) is 0 Å². The predicted octanol–water partition coefficient (Wildman–Crippen LogP) is 3.69. The molecule has 0 fully saturated rings. The van der Waals surface area contributed by atoms with Crippen molar-refractivity contribution in [1.29, 1.82) is 0 Å². The lowest BCUT2D eigenvalue weighted by Gasteiger charge is -2.07. The van der Waals surface area contributed by atoms with E-state index >= 15 is 0 Å². The first kappa shape index (κ1) is 11.6. The molecule has 0 unspecified atom stereocenters. The molecule has 0 bridgehead atoms. The molecule has 0 aliphatic rings. The standard InChI is InChI=1S/C15H16O2/c1-10(2)15(16)13-5-4-12-9-14(17-3)7-6-11(12)8-13/h4-10H,1-3H3. The maximum absolute atomic E-state index is 11.9. The topological polar surface area (TPSA) is 26.3 Å². The monoisotopic (exact) mass is 228 g/mol. The van der Waals surface area contributed by atoms with Crippen molar-refractivity contribution in [2.75, 3.05) is 7.11 Å². The minimum atomic E-state index is 0.0331. The van der Waals surface area contributed by atoms with Crippen molar-refractivity contribution in [2.45, 2.75) is 13.8 Å². The normalized spacial score (nSPS) is 10.8. The molecule has 0 aliphatic carbocycles. The fourth-order valence-electron chi connectivity index (χ4n) is 1.84. The predicted molar refractivity (Wildman–Crippen MR) is 69.7 cm³/mol. The van der Waals surface area contributed by atoms with Crippen LogP contribution in [0.3, 0.4) is 0 Å². The zero-order valence-corrected chi connectivity index (χ0v) is 10.4. The Morgan fingerprint density at radius 1 is 1.06 bits per heavy atom. The number of ether oxygens (including phenoxy) is 1. The molecule has 17 heavy (non-hydrogen) atoms. The molecule has 0 saturated carbocycles. The lowest BCUT2D eigenvalue weighted by atomic mass is 9.98. The number of carbonyl (C=O) groups is 1. The minimum absolute atomic E-state index is 0.0331. The number of rotatable bonds is 3. The second kappa shape index (κ2) is 4.58. The highest BCUT2D eigenvalue weighted by Crippen LogP contribution is 2.22.